The fraction of sp³-hybridized carbons (Fsp3) is 0.600. The van der Waals surface area contributed by atoms with Gasteiger partial charge in [-0.25, -0.2) is 0 Å². The first-order valence-electron chi connectivity index (χ1n) is 7.11. The molecule has 104 valence electrons. The van der Waals surface area contributed by atoms with Crippen molar-refractivity contribution in [3.63, 3.8) is 0 Å². The molecular weight excluding hydrogens is 240 g/mol. The van der Waals surface area contributed by atoms with Crippen LogP contribution < -0.4 is 15.2 Å². The Hall–Kier alpha value is -1.26. The van der Waals surface area contributed by atoms with Gasteiger partial charge in [0.25, 0.3) is 0 Å². The van der Waals surface area contributed by atoms with E-state index in [9.17, 15) is 0 Å². The minimum Gasteiger partial charge on any atom is -0.486 e. The lowest BCUT2D eigenvalue weighted by Crippen LogP contribution is -2.26. The topological polar surface area (TPSA) is 47.7 Å². The van der Waals surface area contributed by atoms with Crippen LogP contribution in [0.15, 0.2) is 18.2 Å². The molecule has 0 radical (unpaired) electrons. The molecule has 4 nitrogen and oxygen atoms in total. The van der Waals surface area contributed by atoms with E-state index in [0.717, 1.165) is 31.1 Å². The number of rotatable bonds is 3. The van der Waals surface area contributed by atoms with Gasteiger partial charge in [0.05, 0.1) is 0 Å². The summed E-state index contributed by atoms with van der Waals surface area (Å²) in [6.45, 7) is 6.58. The molecule has 2 heterocycles. The molecule has 1 fully saturated rings. The Kier molecular flexibility index (Phi) is 3.62. The third-order valence-electron chi connectivity index (χ3n) is 4.25. The van der Waals surface area contributed by atoms with Crippen molar-refractivity contribution in [3.8, 4) is 11.5 Å². The van der Waals surface area contributed by atoms with Gasteiger partial charge in [-0.15, -0.1) is 0 Å². The van der Waals surface area contributed by atoms with Gasteiger partial charge in [-0.2, -0.15) is 0 Å². The number of ether oxygens (including phenoxy) is 2. The van der Waals surface area contributed by atoms with E-state index in [4.69, 9.17) is 15.2 Å². The standard InChI is InChI=1S/C15H22N2O2/c1-11(17-5-4-12(9-16)10-17)13-2-3-14-15(8-13)19-7-6-18-14/h2-3,8,11-12H,4-7,9-10,16H2,1H3. The van der Waals surface area contributed by atoms with Crippen LogP contribution in [0, 0.1) is 5.92 Å². The summed E-state index contributed by atoms with van der Waals surface area (Å²) in [7, 11) is 0. The van der Waals surface area contributed by atoms with Gasteiger partial charge in [0.1, 0.15) is 13.2 Å². The number of hydrogen-bond donors (Lipinski definition) is 1. The van der Waals surface area contributed by atoms with Crippen LogP contribution in [-0.4, -0.2) is 37.7 Å². The molecule has 2 unspecified atom stereocenters. The Morgan fingerprint density at radius 1 is 1.32 bits per heavy atom. The smallest absolute Gasteiger partial charge is 0.161 e. The zero-order chi connectivity index (χ0) is 13.2. The summed E-state index contributed by atoms with van der Waals surface area (Å²) in [5.74, 6) is 2.40. The third-order valence-corrected chi connectivity index (χ3v) is 4.25. The molecule has 1 saturated heterocycles. The second-order valence-electron chi connectivity index (χ2n) is 5.46. The van der Waals surface area contributed by atoms with E-state index in [1.54, 1.807) is 0 Å². The molecule has 0 bridgehead atoms. The van der Waals surface area contributed by atoms with Crippen LogP contribution in [0.5, 0.6) is 11.5 Å². The lowest BCUT2D eigenvalue weighted by Gasteiger charge is -2.26. The zero-order valence-electron chi connectivity index (χ0n) is 11.5. The summed E-state index contributed by atoms with van der Waals surface area (Å²) in [5, 5.41) is 0. The Morgan fingerprint density at radius 3 is 2.84 bits per heavy atom. The number of fused-ring (bicyclic) bond motifs is 1. The Labute approximate surface area is 114 Å². The number of likely N-dealkylation sites (tertiary alicyclic amines) is 1. The largest absolute Gasteiger partial charge is 0.486 e. The average molecular weight is 262 g/mol. The van der Waals surface area contributed by atoms with Crippen molar-refractivity contribution in [2.45, 2.75) is 19.4 Å². The first kappa shape index (κ1) is 12.8. The van der Waals surface area contributed by atoms with Crippen LogP contribution >= 0.6 is 0 Å². The van der Waals surface area contributed by atoms with Gasteiger partial charge in [0.15, 0.2) is 11.5 Å². The van der Waals surface area contributed by atoms with Gasteiger partial charge >= 0.3 is 0 Å². The highest BCUT2D eigenvalue weighted by Crippen LogP contribution is 2.35. The highest BCUT2D eigenvalue weighted by atomic mass is 16.6. The van der Waals surface area contributed by atoms with Crippen LogP contribution in [0.4, 0.5) is 0 Å². The first-order valence-corrected chi connectivity index (χ1v) is 7.11. The maximum atomic E-state index is 5.76. The molecule has 2 aliphatic heterocycles. The van der Waals surface area contributed by atoms with E-state index in [0.29, 0.717) is 25.2 Å². The van der Waals surface area contributed by atoms with Gasteiger partial charge in [0, 0.05) is 12.6 Å². The fourth-order valence-corrected chi connectivity index (χ4v) is 2.94. The van der Waals surface area contributed by atoms with Crippen LogP contribution in [0.25, 0.3) is 0 Å². The lowest BCUT2D eigenvalue weighted by atomic mass is 10.1. The molecule has 0 aliphatic carbocycles. The number of nitrogens with zero attached hydrogens (tertiary/aromatic N) is 1. The molecule has 2 N–H and O–H groups in total. The van der Waals surface area contributed by atoms with E-state index in [1.807, 2.05) is 6.07 Å². The van der Waals surface area contributed by atoms with Crippen LogP contribution in [-0.2, 0) is 0 Å². The monoisotopic (exact) mass is 262 g/mol. The summed E-state index contributed by atoms with van der Waals surface area (Å²) in [4.78, 5) is 2.50. The minimum absolute atomic E-state index is 0.410. The Bertz CT molecular complexity index is 450. The molecule has 1 aromatic carbocycles. The predicted molar refractivity (Wildman–Crippen MR) is 74.6 cm³/mol. The van der Waals surface area contributed by atoms with Gasteiger partial charge in [-0.1, -0.05) is 6.07 Å². The molecular formula is C15H22N2O2. The number of nitrogens with two attached hydrogens (primary N) is 1. The summed E-state index contributed by atoms with van der Waals surface area (Å²) >= 11 is 0. The van der Waals surface area contributed by atoms with E-state index < -0.39 is 0 Å². The van der Waals surface area contributed by atoms with Crippen molar-refractivity contribution in [3.05, 3.63) is 23.8 Å². The lowest BCUT2D eigenvalue weighted by molar-refractivity contribution is 0.170. The summed E-state index contributed by atoms with van der Waals surface area (Å²) in [6.07, 6.45) is 1.21. The zero-order valence-corrected chi connectivity index (χ0v) is 11.5. The normalized spacial score (nSPS) is 24.4. The van der Waals surface area contributed by atoms with Gasteiger partial charge in [-0.05, 0) is 50.0 Å². The first-order chi connectivity index (χ1) is 9.28. The molecule has 1 aromatic rings. The van der Waals surface area contributed by atoms with Crippen molar-refractivity contribution in [2.24, 2.45) is 11.7 Å². The molecule has 19 heavy (non-hydrogen) atoms. The maximum absolute atomic E-state index is 5.76. The Morgan fingerprint density at radius 2 is 2.11 bits per heavy atom. The molecule has 4 heteroatoms. The second kappa shape index (κ2) is 5.39. The minimum atomic E-state index is 0.410. The Balaban J connectivity index is 1.74. The molecule has 0 saturated carbocycles. The average Bonchev–Trinajstić information content (AvgIpc) is 2.95. The van der Waals surface area contributed by atoms with Gasteiger partial charge < -0.3 is 15.2 Å². The molecule has 2 atom stereocenters. The van der Waals surface area contributed by atoms with E-state index in [-0.39, 0.29) is 0 Å². The highest BCUT2D eigenvalue weighted by molar-refractivity contribution is 5.44. The summed E-state index contributed by atoms with van der Waals surface area (Å²) in [5.41, 5.74) is 7.06. The van der Waals surface area contributed by atoms with E-state index >= 15 is 0 Å². The molecule has 2 aliphatic rings. The predicted octanol–water partition coefficient (Wildman–Crippen LogP) is 1.80. The highest BCUT2D eigenvalue weighted by Gasteiger charge is 2.26. The molecule has 0 aromatic heterocycles. The second-order valence-corrected chi connectivity index (χ2v) is 5.46. The molecule has 3 rings (SSSR count). The van der Waals surface area contributed by atoms with E-state index in [1.165, 1.54) is 12.0 Å². The molecule has 0 amide bonds. The van der Waals surface area contributed by atoms with Crippen LogP contribution in [0.3, 0.4) is 0 Å². The summed E-state index contributed by atoms with van der Waals surface area (Å²) in [6, 6.07) is 6.70. The van der Waals surface area contributed by atoms with Crippen LogP contribution in [0.2, 0.25) is 0 Å². The van der Waals surface area contributed by atoms with Gasteiger partial charge in [-0.3, -0.25) is 4.90 Å². The third kappa shape index (κ3) is 2.55. The quantitative estimate of drug-likeness (QED) is 0.902. The molecule has 0 spiro atoms. The van der Waals surface area contributed by atoms with Crippen LogP contribution in [0.1, 0.15) is 24.9 Å². The van der Waals surface area contributed by atoms with Crippen molar-refractivity contribution in [1.82, 2.24) is 4.90 Å². The fourth-order valence-electron chi connectivity index (χ4n) is 2.94. The van der Waals surface area contributed by atoms with E-state index in [2.05, 4.69) is 24.0 Å². The van der Waals surface area contributed by atoms with Crippen molar-refractivity contribution in [2.75, 3.05) is 32.8 Å². The summed E-state index contributed by atoms with van der Waals surface area (Å²) < 4.78 is 11.2. The number of benzene rings is 1. The van der Waals surface area contributed by atoms with Crippen molar-refractivity contribution >= 4 is 0 Å². The SMILES string of the molecule is CC(c1ccc2c(c1)OCCO2)N1CCC(CN)C1. The maximum Gasteiger partial charge on any atom is 0.161 e. The van der Waals surface area contributed by atoms with Gasteiger partial charge in [0.2, 0.25) is 0 Å². The van der Waals surface area contributed by atoms with Crippen molar-refractivity contribution in [1.29, 1.82) is 0 Å². The van der Waals surface area contributed by atoms with Crippen molar-refractivity contribution < 1.29 is 9.47 Å². The number of hydrogen-bond acceptors (Lipinski definition) is 4.